The molecule has 1 aliphatic rings. The Morgan fingerprint density at radius 3 is 2.62 bits per heavy atom. The van der Waals surface area contributed by atoms with Crippen LogP contribution in [0.15, 0.2) is 11.5 Å². The maximum Gasteiger partial charge on any atom is 0.0819 e. The molecule has 0 bridgehead atoms. The summed E-state index contributed by atoms with van der Waals surface area (Å²) in [5.41, 5.74) is 0. The molecule has 2 atom stereocenters. The van der Waals surface area contributed by atoms with Crippen LogP contribution in [0.1, 0.15) is 6.92 Å². The summed E-state index contributed by atoms with van der Waals surface area (Å²) in [5, 5.41) is 2.14. The van der Waals surface area contributed by atoms with Gasteiger partial charge in [-0.05, 0) is 12.3 Å². The Balaban J connectivity index is 2.67. The lowest BCUT2D eigenvalue weighted by Crippen LogP contribution is -2.17. The summed E-state index contributed by atoms with van der Waals surface area (Å²) in [6.45, 7) is 2.21. The van der Waals surface area contributed by atoms with E-state index in [2.05, 4.69) is 56.9 Å². The molecule has 46 valence electrons. The first kappa shape index (κ1) is 7.41. The van der Waals surface area contributed by atoms with Crippen molar-refractivity contribution in [3.05, 3.63) is 11.5 Å². The van der Waals surface area contributed by atoms with Crippen LogP contribution in [0.4, 0.5) is 0 Å². The number of allylic oxidation sites excluding steroid dienone is 1. The fraction of sp³-hybridized carbons (Fsp3) is 0.600. The molecule has 1 heterocycles. The standard InChI is InChI=1S/C5H6BrIS/c1-5(7)2-3-8-4(5)6/h2-4H,1H3. The molecule has 0 aliphatic carbocycles. The summed E-state index contributed by atoms with van der Waals surface area (Å²) in [7, 11) is 0. The Kier molecular flexibility index (Phi) is 2.32. The summed E-state index contributed by atoms with van der Waals surface area (Å²) in [5.74, 6) is 0. The van der Waals surface area contributed by atoms with E-state index in [4.69, 9.17) is 0 Å². The van der Waals surface area contributed by atoms with Gasteiger partial charge in [0, 0.05) is 0 Å². The van der Waals surface area contributed by atoms with Crippen molar-refractivity contribution in [1.82, 2.24) is 0 Å². The Morgan fingerprint density at radius 1 is 1.88 bits per heavy atom. The first-order valence-electron chi connectivity index (χ1n) is 2.29. The van der Waals surface area contributed by atoms with Gasteiger partial charge in [-0.2, -0.15) is 0 Å². The van der Waals surface area contributed by atoms with Crippen LogP contribution in [-0.4, -0.2) is 7.58 Å². The SMILES string of the molecule is CC1(I)C=CSC1Br. The molecule has 0 aromatic carbocycles. The Hall–Kier alpha value is 1.30. The highest BCUT2D eigenvalue weighted by atomic mass is 127. The lowest BCUT2D eigenvalue weighted by Gasteiger charge is -2.16. The van der Waals surface area contributed by atoms with E-state index in [-0.39, 0.29) is 0 Å². The second-order valence-corrected chi connectivity index (χ2v) is 6.77. The Bertz CT molecular complexity index is 122. The fourth-order valence-electron chi connectivity index (χ4n) is 0.450. The van der Waals surface area contributed by atoms with Gasteiger partial charge in [0.25, 0.3) is 0 Å². The van der Waals surface area contributed by atoms with E-state index < -0.39 is 0 Å². The number of halogens is 2. The van der Waals surface area contributed by atoms with E-state index >= 15 is 0 Å². The van der Waals surface area contributed by atoms with Gasteiger partial charge in [-0.25, -0.2) is 0 Å². The quantitative estimate of drug-likeness (QED) is 0.489. The molecule has 0 N–H and O–H groups in total. The molecule has 0 aromatic rings. The third kappa shape index (κ3) is 1.42. The number of alkyl halides is 2. The van der Waals surface area contributed by atoms with Crippen molar-refractivity contribution in [2.75, 3.05) is 0 Å². The van der Waals surface area contributed by atoms with Gasteiger partial charge in [0.1, 0.15) is 0 Å². The van der Waals surface area contributed by atoms with Crippen LogP contribution < -0.4 is 0 Å². The first-order valence-corrected chi connectivity index (χ1v) is 5.23. The Labute approximate surface area is 75.8 Å². The molecule has 0 radical (unpaired) electrons. The minimum absolute atomic E-state index is 0.322. The van der Waals surface area contributed by atoms with Crippen LogP contribution in [0.3, 0.4) is 0 Å². The molecular weight excluding hydrogens is 299 g/mol. The first-order chi connectivity index (χ1) is 3.63. The zero-order valence-electron chi connectivity index (χ0n) is 4.40. The minimum atomic E-state index is 0.322. The van der Waals surface area contributed by atoms with Gasteiger partial charge in [-0.1, -0.05) is 44.6 Å². The van der Waals surface area contributed by atoms with Crippen LogP contribution in [0, 0.1) is 0 Å². The van der Waals surface area contributed by atoms with E-state index in [1.165, 1.54) is 0 Å². The molecule has 2 unspecified atom stereocenters. The Morgan fingerprint density at radius 2 is 2.50 bits per heavy atom. The van der Waals surface area contributed by atoms with E-state index in [1.807, 2.05) is 11.8 Å². The lowest BCUT2D eigenvalue weighted by atomic mass is 10.2. The topological polar surface area (TPSA) is 0 Å². The smallest absolute Gasteiger partial charge is 0.0819 e. The molecule has 8 heavy (non-hydrogen) atoms. The second-order valence-electron chi connectivity index (χ2n) is 1.91. The highest BCUT2D eigenvalue weighted by Gasteiger charge is 2.30. The molecule has 3 heteroatoms. The predicted molar refractivity (Wildman–Crippen MR) is 51.9 cm³/mol. The van der Waals surface area contributed by atoms with E-state index in [1.54, 1.807) is 0 Å². The highest BCUT2D eigenvalue weighted by molar-refractivity contribution is 14.1. The number of hydrogen-bond donors (Lipinski definition) is 0. The number of thioether (sulfide) groups is 1. The third-order valence-corrected chi connectivity index (χ3v) is 5.92. The number of hydrogen-bond acceptors (Lipinski definition) is 1. The van der Waals surface area contributed by atoms with Gasteiger partial charge in [-0.3, -0.25) is 0 Å². The second kappa shape index (κ2) is 2.50. The molecule has 0 saturated carbocycles. The maximum atomic E-state index is 3.55. The normalized spacial score (nSPS) is 45.6. The van der Waals surface area contributed by atoms with Crippen molar-refractivity contribution in [3.8, 4) is 0 Å². The van der Waals surface area contributed by atoms with Crippen LogP contribution >= 0.6 is 50.3 Å². The maximum absolute atomic E-state index is 3.55. The van der Waals surface area contributed by atoms with Crippen molar-refractivity contribution in [2.24, 2.45) is 0 Å². The molecule has 1 aliphatic heterocycles. The highest BCUT2D eigenvalue weighted by Crippen LogP contribution is 2.43. The summed E-state index contributed by atoms with van der Waals surface area (Å²) < 4.78 is 0.887. The third-order valence-electron chi connectivity index (χ3n) is 1.04. The van der Waals surface area contributed by atoms with Crippen molar-refractivity contribution in [3.63, 3.8) is 0 Å². The van der Waals surface area contributed by atoms with Crippen LogP contribution in [0.5, 0.6) is 0 Å². The summed E-state index contributed by atoms with van der Waals surface area (Å²) >= 11 is 7.82. The average Bonchev–Trinajstić information content (AvgIpc) is 1.86. The van der Waals surface area contributed by atoms with Crippen LogP contribution in [-0.2, 0) is 0 Å². The van der Waals surface area contributed by atoms with Gasteiger partial charge < -0.3 is 0 Å². The molecule has 0 aromatic heterocycles. The van der Waals surface area contributed by atoms with Crippen LogP contribution in [0.25, 0.3) is 0 Å². The van der Waals surface area contributed by atoms with Gasteiger partial charge in [0.15, 0.2) is 0 Å². The van der Waals surface area contributed by atoms with E-state index in [0.29, 0.717) is 7.58 Å². The zero-order chi connectivity index (χ0) is 6.20. The lowest BCUT2D eigenvalue weighted by molar-refractivity contribution is 0.947. The summed E-state index contributed by atoms with van der Waals surface area (Å²) in [6, 6.07) is 0. The van der Waals surface area contributed by atoms with Crippen molar-refractivity contribution < 1.29 is 0 Å². The fourth-order valence-corrected chi connectivity index (χ4v) is 2.68. The zero-order valence-corrected chi connectivity index (χ0v) is 8.96. The minimum Gasteiger partial charge on any atom is -0.118 e. The van der Waals surface area contributed by atoms with Gasteiger partial charge in [-0.15, -0.1) is 11.8 Å². The van der Waals surface area contributed by atoms with E-state index in [0.717, 1.165) is 0 Å². The largest absolute Gasteiger partial charge is 0.118 e. The van der Waals surface area contributed by atoms with Crippen molar-refractivity contribution in [2.45, 2.75) is 14.5 Å². The molecule has 0 amide bonds. The van der Waals surface area contributed by atoms with Gasteiger partial charge >= 0.3 is 0 Å². The van der Waals surface area contributed by atoms with E-state index in [9.17, 15) is 0 Å². The summed E-state index contributed by atoms with van der Waals surface area (Å²) in [6.07, 6.45) is 2.22. The monoisotopic (exact) mass is 304 g/mol. The predicted octanol–water partition coefficient (Wildman–Crippen LogP) is 3.16. The molecule has 0 spiro atoms. The molecule has 0 fully saturated rings. The van der Waals surface area contributed by atoms with Gasteiger partial charge in [0.2, 0.25) is 0 Å². The van der Waals surface area contributed by atoms with Crippen LogP contribution in [0.2, 0.25) is 0 Å². The average molecular weight is 305 g/mol. The molecule has 0 saturated heterocycles. The summed E-state index contributed by atoms with van der Waals surface area (Å²) in [4.78, 5) is 0. The molecule has 1 rings (SSSR count). The molecular formula is C5H6BrIS. The van der Waals surface area contributed by atoms with Crippen molar-refractivity contribution in [1.29, 1.82) is 0 Å². The molecule has 0 nitrogen and oxygen atoms in total. The van der Waals surface area contributed by atoms with Gasteiger partial charge in [0.05, 0.1) is 7.58 Å². The number of rotatable bonds is 0. The van der Waals surface area contributed by atoms with Crippen molar-refractivity contribution >= 4 is 50.3 Å².